The smallest absolute Gasteiger partial charge is 0.257 e. The van der Waals surface area contributed by atoms with Gasteiger partial charge in [0, 0.05) is 25.1 Å². The summed E-state index contributed by atoms with van der Waals surface area (Å²) in [4.78, 5) is 18.8. The van der Waals surface area contributed by atoms with Crippen LogP contribution >= 0.6 is 0 Å². The molecule has 4 rings (SSSR count). The third-order valence-electron chi connectivity index (χ3n) is 4.39. The number of likely N-dealkylation sites (tertiary alicyclic amines) is 1. The van der Waals surface area contributed by atoms with Gasteiger partial charge >= 0.3 is 0 Å². The van der Waals surface area contributed by atoms with E-state index in [-0.39, 0.29) is 5.91 Å². The Hall–Kier alpha value is -2.89. The van der Waals surface area contributed by atoms with E-state index in [0.29, 0.717) is 11.5 Å². The lowest BCUT2D eigenvalue weighted by molar-refractivity contribution is 0.0786. The first-order chi connectivity index (χ1) is 11.8. The van der Waals surface area contributed by atoms with Crippen molar-refractivity contribution >= 4 is 5.91 Å². The number of carbonyl (C=O) groups excluding carboxylic acids is 1. The number of aromatic amines is 1. The molecular formula is C18H18N4O2. The van der Waals surface area contributed by atoms with E-state index in [0.717, 1.165) is 43.1 Å². The van der Waals surface area contributed by atoms with Crippen LogP contribution in [0.1, 0.15) is 22.6 Å². The van der Waals surface area contributed by atoms with E-state index < -0.39 is 0 Å². The third-order valence-corrected chi connectivity index (χ3v) is 4.39. The molecule has 1 fully saturated rings. The fourth-order valence-electron chi connectivity index (χ4n) is 3.13. The number of hydrogen-bond donors (Lipinski definition) is 1. The maximum absolute atomic E-state index is 12.3. The molecule has 3 heterocycles. The predicted octanol–water partition coefficient (Wildman–Crippen LogP) is 2.77. The van der Waals surface area contributed by atoms with E-state index >= 15 is 0 Å². The van der Waals surface area contributed by atoms with E-state index in [2.05, 4.69) is 15.2 Å². The van der Waals surface area contributed by atoms with Crippen molar-refractivity contribution < 1.29 is 9.21 Å². The van der Waals surface area contributed by atoms with Crippen molar-refractivity contribution in [3.05, 3.63) is 60.3 Å². The first kappa shape index (κ1) is 14.7. The van der Waals surface area contributed by atoms with E-state index in [9.17, 15) is 4.79 Å². The van der Waals surface area contributed by atoms with E-state index in [4.69, 9.17) is 4.42 Å². The summed E-state index contributed by atoms with van der Waals surface area (Å²) in [6.45, 7) is 1.51. The van der Waals surface area contributed by atoms with Gasteiger partial charge < -0.3 is 9.32 Å². The molecule has 0 spiro atoms. The number of benzene rings is 1. The normalized spacial score (nSPS) is 17.3. The number of amides is 1. The van der Waals surface area contributed by atoms with Crippen LogP contribution in [0, 0.1) is 5.92 Å². The molecule has 1 aliphatic heterocycles. The van der Waals surface area contributed by atoms with E-state index in [1.807, 2.05) is 35.2 Å². The van der Waals surface area contributed by atoms with Crippen LogP contribution in [0.25, 0.3) is 11.4 Å². The fraction of sp³-hybridized carbons (Fsp3) is 0.278. The summed E-state index contributed by atoms with van der Waals surface area (Å²) < 4.78 is 4.99. The number of furan rings is 1. The Balaban J connectivity index is 1.39. The highest BCUT2D eigenvalue weighted by Crippen LogP contribution is 2.22. The van der Waals surface area contributed by atoms with Gasteiger partial charge in [-0.1, -0.05) is 30.3 Å². The van der Waals surface area contributed by atoms with Gasteiger partial charge in [0.25, 0.3) is 5.91 Å². The number of nitrogens with one attached hydrogen (secondary N) is 1. The van der Waals surface area contributed by atoms with Gasteiger partial charge in [0.15, 0.2) is 5.82 Å². The van der Waals surface area contributed by atoms with Crippen molar-refractivity contribution in [2.24, 2.45) is 5.92 Å². The van der Waals surface area contributed by atoms with Crippen molar-refractivity contribution in [1.82, 2.24) is 20.1 Å². The van der Waals surface area contributed by atoms with Gasteiger partial charge in [-0.3, -0.25) is 9.89 Å². The zero-order valence-electron chi connectivity index (χ0n) is 13.2. The Bertz CT molecular complexity index is 811. The maximum atomic E-state index is 12.3. The van der Waals surface area contributed by atoms with Crippen molar-refractivity contribution in [3.8, 4) is 11.4 Å². The number of carbonyl (C=O) groups is 1. The van der Waals surface area contributed by atoms with Gasteiger partial charge in [-0.05, 0) is 18.4 Å². The topological polar surface area (TPSA) is 75.0 Å². The second-order valence-corrected chi connectivity index (χ2v) is 6.09. The molecule has 24 heavy (non-hydrogen) atoms. The van der Waals surface area contributed by atoms with Crippen LogP contribution in [-0.2, 0) is 6.42 Å². The lowest BCUT2D eigenvalue weighted by Gasteiger charge is -2.15. The summed E-state index contributed by atoms with van der Waals surface area (Å²) in [5, 5.41) is 7.32. The standard InChI is InChI=1S/C18H18N4O2/c23-18(15-7-9-24-12-15)22-8-6-13(11-22)10-16-19-17(21-20-16)14-4-2-1-3-5-14/h1-5,7,9,12-13H,6,8,10-11H2,(H,19,20,21). The lowest BCUT2D eigenvalue weighted by Crippen LogP contribution is -2.28. The fourth-order valence-corrected chi connectivity index (χ4v) is 3.13. The molecule has 1 atom stereocenters. The molecule has 1 amide bonds. The molecule has 1 saturated heterocycles. The van der Waals surface area contributed by atoms with Gasteiger partial charge in [-0.2, -0.15) is 5.10 Å². The Kier molecular flexibility index (Phi) is 3.86. The molecule has 1 aromatic carbocycles. The minimum absolute atomic E-state index is 0.0359. The third kappa shape index (κ3) is 2.95. The van der Waals surface area contributed by atoms with Gasteiger partial charge in [-0.25, -0.2) is 4.98 Å². The molecule has 122 valence electrons. The molecule has 0 aliphatic carbocycles. The van der Waals surface area contributed by atoms with Gasteiger partial charge in [0.2, 0.25) is 0 Å². The largest absolute Gasteiger partial charge is 0.472 e. The van der Waals surface area contributed by atoms with Crippen LogP contribution in [0.4, 0.5) is 0 Å². The highest BCUT2D eigenvalue weighted by Gasteiger charge is 2.28. The second-order valence-electron chi connectivity index (χ2n) is 6.09. The first-order valence-corrected chi connectivity index (χ1v) is 8.08. The summed E-state index contributed by atoms with van der Waals surface area (Å²) in [6, 6.07) is 11.6. The Morgan fingerprint density at radius 2 is 2.17 bits per heavy atom. The average molecular weight is 322 g/mol. The first-order valence-electron chi connectivity index (χ1n) is 8.08. The summed E-state index contributed by atoms with van der Waals surface area (Å²) in [5.74, 6) is 2.03. The number of H-pyrrole nitrogens is 1. The molecule has 3 aromatic rings. The van der Waals surface area contributed by atoms with Gasteiger partial charge in [0.1, 0.15) is 12.1 Å². The zero-order chi connectivity index (χ0) is 16.4. The van der Waals surface area contributed by atoms with E-state index in [1.165, 1.54) is 12.5 Å². The number of rotatable bonds is 4. The monoisotopic (exact) mass is 322 g/mol. The van der Waals surface area contributed by atoms with Crippen LogP contribution in [0.5, 0.6) is 0 Å². The minimum atomic E-state index is 0.0359. The Morgan fingerprint density at radius 3 is 2.96 bits per heavy atom. The van der Waals surface area contributed by atoms with Gasteiger partial charge in [0.05, 0.1) is 11.8 Å². The molecule has 0 radical (unpaired) electrons. The number of hydrogen-bond acceptors (Lipinski definition) is 4. The lowest BCUT2D eigenvalue weighted by atomic mass is 10.0. The molecule has 6 heteroatoms. The van der Waals surface area contributed by atoms with Crippen molar-refractivity contribution in [1.29, 1.82) is 0 Å². The molecule has 6 nitrogen and oxygen atoms in total. The van der Waals surface area contributed by atoms with Gasteiger partial charge in [-0.15, -0.1) is 0 Å². The highest BCUT2D eigenvalue weighted by atomic mass is 16.3. The predicted molar refractivity (Wildman–Crippen MR) is 88.2 cm³/mol. The Morgan fingerprint density at radius 1 is 1.29 bits per heavy atom. The molecule has 0 bridgehead atoms. The van der Waals surface area contributed by atoms with E-state index in [1.54, 1.807) is 6.07 Å². The molecule has 2 aromatic heterocycles. The average Bonchev–Trinajstić information content (AvgIpc) is 3.37. The zero-order valence-corrected chi connectivity index (χ0v) is 13.2. The second kappa shape index (κ2) is 6.31. The number of aromatic nitrogens is 3. The highest BCUT2D eigenvalue weighted by molar-refractivity contribution is 5.94. The maximum Gasteiger partial charge on any atom is 0.257 e. The Labute approximate surface area is 139 Å². The van der Waals surface area contributed by atoms with Crippen molar-refractivity contribution in [2.45, 2.75) is 12.8 Å². The SMILES string of the molecule is O=C(c1ccoc1)N1CCC(Cc2nc(-c3ccccc3)n[nH]2)C1. The minimum Gasteiger partial charge on any atom is -0.472 e. The molecule has 1 unspecified atom stereocenters. The molecule has 0 saturated carbocycles. The van der Waals surface area contributed by atoms with Crippen molar-refractivity contribution in [3.63, 3.8) is 0 Å². The summed E-state index contributed by atoms with van der Waals surface area (Å²) in [7, 11) is 0. The summed E-state index contributed by atoms with van der Waals surface area (Å²) in [5.41, 5.74) is 1.62. The molecular weight excluding hydrogens is 304 g/mol. The summed E-state index contributed by atoms with van der Waals surface area (Å²) >= 11 is 0. The molecule has 1 aliphatic rings. The van der Waals surface area contributed by atoms with Crippen LogP contribution in [-0.4, -0.2) is 39.1 Å². The summed E-state index contributed by atoms with van der Waals surface area (Å²) in [6.07, 6.45) is 4.80. The van der Waals surface area contributed by atoms with Crippen molar-refractivity contribution in [2.75, 3.05) is 13.1 Å². The number of nitrogens with zero attached hydrogens (tertiary/aromatic N) is 3. The van der Waals surface area contributed by atoms with Crippen LogP contribution in [0.3, 0.4) is 0 Å². The van der Waals surface area contributed by atoms with Crippen LogP contribution in [0.15, 0.2) is 53.3 Å². The van der Waals surface area contributed by atoms with Crippen LogP contribution < -0.4 is 0 Å². The quantitative estimate of drug-likeness (QED) is 0.801. The van der Waals surface area contributed by atoms with Crippen LogP contribution in [0.2, 0.25) is 0 Å². The molecule has 1 N–H and O–H groups in total.